The van der Waals surface area contributed by atoms with Crippen molar-refractivity contribution in [1.82, 2.24) is 0 Å². The fourth-order valence-electron chi connectivity index (χ4n) is 1.78. The fourth-order valence-corrected chi connectivity index (χ4v) is 1.78. The summed E-state index contributed by atoms with van der Waals surface area (Å²) < 4.78 is 10.9. The number of nitro benzene ring substituents is 1. The Bertz CT molecular complexity index is 602. The van der Waals surface area contributed by atoms with Crippen LogP contribution in [0.5, 0.6) is 11.5 Å². The molecular formula is C15H16N2O4. The maximum Gasteiger partial charge on any atom is 0.311 e. The van der Waals surface area contributed by atoms with Crippen LogP contribution in [0, 0.1) is 10.1 Å². The number of para-hydroxylation sites is 1. The summed E-state index contributed by atoms with van der Waals surface area (Å²) in [5, 5.41) is 11.0. The van der Waals surface area contributed by atoms with Gasteiger partial charge in [0.25, 0.3) is 0 Å². The molecule has 0 bridgehead atoms. The molecule has 2 rings (SSSR count). The van der Waals surface area contributed by atoms with E-state index >= 15 is 0 Å². The van der Waals surface area contributed by atoms with Gasteiger partial charge in [0.15, 0.2) is 5.75 Å². The van der Waals surface area contributed by atoms with Crippen LogP contribution >= 0.6 is 0 Å². The minimum absolute atomic E-state index is 0.0855. The molecule has 0 unspecified atom stereocenters. The van der Waals surface area contributed by atoms with Crippen LogP contribution in [-0.2, 0) is 6.54 Å². The van der Waals surface area contributed by atoms with Crippen LogP contribution in [-0.4, -0.2) is 18.1 Å². The van der Waals surface area contributed by atoms with Gasteiger partial charge in [0, 0.05) is 12.6 Å². The first-order valence-corrected chi connectivity index (χ1v) is 6.48. The van der Waals surface area contributed by atoms with Gasteiger partial charge in [-0.1, -0.05) is 24.3 Å². The minimum Gasteiger partial charge on any atom is -0.490 e. The number of hydrogen-bond acceptors (Lipinski definition) is 5. The number of nitrogens with two attached hydrogens (primary N) is 1. The molecule has 0 radical (unpaired) electrons. The quantitative estimate of drug-likeness (QED) is 0.480. The third kappa shape index (κ3) is 4.19. The average molecular weight is 288 g/mol. The number of hydrogen-bond donors (Lipinski definition) is 1. The van der Waals surface area contributed by atoms with Crippen molar-refractivity contribution in [1.29, 1.82) is 0 Å². The van der Waals surface area contributed by atoms with E-state index in [-0.39, 0.29) is 24.6 Å². The molecule has 6 heteroatoms. The molecule has 0 aromatic heterocycles. The average Bonchev–Trinajstić information content (AvgIpc) is 2.52. The van der Waals surface area contributed by atoms with E-state index in [1.165, 1.54) is 6.07 Å². The van der Waals surface area contributed by atoms with E-state index in [0.717, 1.165) is 5.75 Å². The predicted molar refractivity (Wildman–Crippen MR) is 78.4 cm³/mol. The first kappa shape index (κ1) is 14.8. The molecule has 0 heterocycles. The highest BCUT2D eigenvalue weighted by Gasteiger charge is 2.15. The Hall–Kier alpha value is -2.60. The highest BCUT2D eigenvalue weighted by atomic mass is 16.6. The molecule has 0 saturated heterocycles. The van der Waals surface area contributed by atoms with Crippen molar-refractivity contribution in [3.63, 3.8) is 0 Å². The molecule has 110 valence electrons. The minimum atomic E-state index is -0.480. The number of nitrogens with zero attached hydrogens (tertiary/aromatic N) is 1. The monoisotopic (exact) mass is 288 g/mol. The third-order valence-electron chi connectivity index (χ3n) is 2.81. The Morgan fingerprint density at radius 3 is 2.43 bits per heavy atom. The molecule has 0 atom stereocenters. The van der Waals surface area contributed by atoms with Crippen LogP contribution < -0.4 is 15.2 Å². The van der Waals surface area contributed by atoms with Crippen LogP contribution in [0.25, 0.3) is 0 Å². The summed E-state index contributed by atoms with van der Waals surface area (Å²) in [4.78, 5) is 10.5. The van der Waals surface area contributed by atoms with Gasteiger partial charge >= 0.3 is 5.69 Å². The summed E-state index contributed by atoms with van der Waals surface area (Å²) in [6, 6.07) is 14.0. The van der Waals surface area contributed by atoms with E-state index in [2.05, 4.69) is 0 Å². The molecule has 2 N–H and O–H groups in total. The number of rotatable bonds is 7. The lowest BCUT2D eigenvalue weighted by molar-refractivity contribution is -0.385. The van der Waals surface area contributed by atoms with Crippen LogP contribution in [0.2, 0.25) is 0 Å². The van der Waals surface area contributed by atoms with Crippen molar-refractivity contribution in [3.8, 4) is 11.5 Å². The van der Waals surface area contributed by atoms with Gasteiger partial charge in [0.05, 0.1) is 4.92 Å². The van der Waals surface area contributed by atoms with Gasteiger partial charge in [-0.2, -0.15) is 0 Å². The Kier molecular flexibility index (Phi) is 5.11. The zero-order chi connectivity index (χ0) is 15.1. The van der Waals surface area contributed by atoms with Gasteiger partial charge in [-0.15, -0.1) is 0 Å². The zero-order valence-electron chi connectivity index (χ0n) is 11.4. The Morgan fingerprint density at radius 2 is 1.76 bits per heavy atom. The highest BCUT2D eigenvalue weighted by Crippen LogP contribution is 2.27. The largest absolute Gasteiger partial charge is 0.490 e. The highest BCUT2D eigenvalue weighted by molar-refractivity contribution is 5.48. The lowest BCUT2D eigenvalue weighted by Crippen LogP contribution is -2.10. The molecule has 0 amide bonds. The van der Waals surface area contributed by atoms with Crippen molar-refractivity contribution in [2.45, 2.75) is 6.54 Å². The fraction of sp³-hybridized carbons (Fsp3) is 0.200. The zero-order valence-corrected chi connectivity index (χ0v) is 11.4. The van der Waals surface area contributed by atoms with Crippen molar-refractivity contribution in [2.75, 3.05) is 13.2 Å². The molecule has 6 nitrogen and oxygen atoms in total. The SMILES string of the molecule is NCc1ccc(OCCOc2ccccc2)c([N+](=O)[O-])c1. The molecule has 21 heavy (non-hydrogen) atoms. The Balaban J connectivity index is 1.92. The number of nitro groups is 1. The van der Waals surface area contributed by atoms with Crippen LogP contribution in [0.4, 0.5) is 5.69 Å². The summed E-state index contributed by atoms with van der Waals surface area (Å²) in [5.74, 6) is 0.947. The molecule has 2 aromatic carbocycles. The van der Waals surface area contributed by atoms with E-state index in [0.29, 0.717) is 12.2 Å². The summed E-state index contributed by atoms with van der Waals surface area (Å²) in [6.45, 7) is 0.774. The van der Waals surface area contributed by atoms with Crippen molar-refractivity contribution < 1.29 is 14.4 Å². The molecular weight excluding hydrogens is 272 g/mol. The van der Waals surface area contributed by atoms with Gasteiger partial charge in [0.2, 0.25) is 0 Å². The van der Waals surface area contributed by atoms with Crippen molar-refractivity contribution in [3.05, 3.63) is 64.2 Å². The molecule has 0 aliphatic rings. The lowest BCUT2D eigenvalue weighted by Gasteiger charge is -2.09. The third-order valence-corrected chi connectivity index (χ3v) is 2.81. The van der Waals surface area contributed by atoms with E-state index < -0.39 is 4.92 Å². The first-order chi connectivity index (χ1) is 10.2. The summed E-state index contributed by atoms with van der Waals surface area (Å²) >= 11 is 0. The second-order valence-corrected chi connectivity index (χ2v) is 4.27. The lowest BCUT2D eigenvalue weighted by atomic mass is 10.2. The maximum absolute atomic E-state index is 11.0. The van der Waals surface area contributed by atoms with E-state index in [4.69, 9.17) is 15.2 Å². The molecule has 0 aliphatic heterocycles. The van der Waals surface area contributed by atoms with E-state index in [1.54, 1.807) is 12.1 Å². The molecule has 0 fully saturated rings. The van der Waals surface area contributed by atoms with E-state index in [9.17, 15) is 10.1 Å². The predicted octanol–water partition coefficient (Wildman–Crippen LogP) is 2.51. The summed E-state index contributed by atoms with van der Waals surface area (Å²) in [6.07, 6.45) is 0. The Labute approximate surface area is 122 Å². The molecule has 0 saturated carbocycles. The van der Waals surface area contributed by atoms with Gasteiger partial charge in [-0.05, 0) is 23.8 Å². The Morgan fingerprint density at radius 1 is 1.05 bits per heavy atom. The number of ether oxygens (including phenoxy) is 2. The summed E-state index contributed by atoms with van der Waals surface area (Å²) in [7, 11) is 0. The van der Waals surface area contributed by atoms with Crippen LogP contribution in [0.1, 0.15) is 5.56 Å². The van der Waals surface area contributed by atoms with Gasteiger partial charge in [-0.25, -0.2) is 0 Å². The van der Waals surface area contributed by atoms with Gasteiger partial charge in [-0.3, -0.25) is 10.1 Å². The number of benzene rings is 2. The second-order valence-electron chi connectivity index (χ2n) is 4.27. The molecule has 0 aliphatic carbocycles. The van der Waals surface area contributed by atoms with Gasteiger partial charge in [0.1, 0.15) is 19.0 Å². The standard InChI is InChI=1S/C15H16N2O4/c16-11-12-6-7-15(14(10-12)17(18)19)21-9-8-20-13-4-2-1-3-5-13/h1-7,10H,8-9,11,16H2. The van der Waals surface area contributed by atoms with E-state index in [1.807, 2.05) is 30.3 Å². The second kappa shape index (κ2) is 7.25. The smallest absolute Gasteiger partial charge is 0.311 e. The van der Waals surface area contributed by atoms with Crippen LogP contribution in [0.3, 0.4) is 0 Å². The van der Waals surface area contributed by atoms with Gasteiger partial charge < -0.3 is 15.2 Å². The van der Waals surface area contributed by atoms with Crippen molar-refractivity contribution >= 4 is 5.69 Å². The molecule has 2 aromatic rings. The normalized spacial score (nSPS) is 10.1. The first-order valence-electron chi connectivity index (χ1n) is 6.48. The van der Waals surface area contributed by atoms with Crippen molar-refractivity contribution in [2.24, 2.45) is 5.73 Å². The molecule has 0 spiro atoms. The van der Waals surface area contributed by atoms with Crippen LogP contribution in [0.15, 0.2) is 48.5 Å². The topological polar surface area (TPSA) is 87.6 Å². The summed E-state index contributed by atoms with van der Waals surface area (Å²) in [5.41, 5.74) is 6.08. The maximum atomic E-state index is 11.0.